The molecule has 1 unspecified atom stereocenters. The molecule has 0 radical (unpaired) electrons. The number of thiophene rings is 1. The van der Waals surface area contributed by atoms with Gasteiger partial charge in [-0.2, -0.15) is 4.98 Å². The molecule has 1 saturated heterocycles. The normalized spacial score (nSPS) is 21.0. The van der Waals surface area contributed by atoms with Crippen molar-refractivity contribution in [2.75, 3.05) is 37.9 Å². The summed E-state index contributed by atoms with van der Waals surface area (Å²) in [4.78, 5) is 16.7. The van der Waals surface area contributed by atoms with E-state index in [1.54, 1.807) is 0 Å². The maximum Gasteiger partial charge on any atom is 0.231 e. The quantitative estimate of drug-likeness (QED) is 0.540. The van der Waals surface area contributed by atoms with Gasteiger partial charge < -0.3 is 14.4 Å². The first-order chi connectivity index (χ1) is 15.1. The fourth-order valence-electron chi connectivity index (χ4n) is 4.94. The van der Waals surface area contributed by atoms with Crippen molar-refractivity contribution in [2.45, 2.75) is 32.7 Å². The summed E-state index contributed by atoms with van der Waals surface area (Å²) in [6.45, 7) is 7.42. The van der Waals surface area contributed by atoms with Crippen molar-refractivity contribution in [2.24, 2.45) is 5.92 Å². The van der Waals surface area contributed by atoms with Gasteiger partial charge in [0.15, 0.2) is 11.5 Å². The van der Waals surface area contributed by atoms with Crippen LogP contribution in [0.5, 0.6) is 11.5 Å². The van der Waals surface area contributed by atoms with E-state index in [9.17, 15) is 0 Å². The second-order valence-corrected chi connectivity index (χ2v) is 10.2. The maximum atomic E-state index is 6.34. The van der Waals surface area contributed by atoms with Gasteiger partial charge in [-0.3, -0.25) is 4.90 Å². The number of anilines is 1. The molecule has 2 aromatic heterocycles. The summed E-state index contributed by atoms with van der Waals surface area (Å²) in [5, 5.41) is 1.61. The fourth-order valence-corrected chi connectivity index (χ4v) is 6.53. The summed E-state index contributed by atoms with van der Waals surface area (Å²) >= 11 is 8.16. The van der Waals surface area contributed by atoms with Gasteiger partial charge in [-0.25, -0.2) is 4.98 Å². The van der Waals surface area contributed by atoms with E-state index < -0.39 is 0 Å². The summed E-state index contributed by atoms with van der Waals surface area (Å²) in [6.07, 6.45) is 3.51. The van der Waals surface area contributed by atoms with Crippen LogP contribution in [0.25, 0.3) is 10.2 Å². The summed E-state index contributed by atoms with van der Waals surface area (Å²) < 4.78 is 11.0. The molecule has 2 aliphatic heterocycles. The van der Waals surface area contributed by atoms with Crippen molar-refractivity contribution >= 4 is 39.0 Å². The highest BCUT2D eigenvalue weighted by molar-refractivity contribution is 7.19. The summed E-state index contributed by atoms with van der Waals surface area (Å²) in [5.41, 5.74) is 2.72. The minimum atomic E-state index is 0.318. The number of hydrogen-bond donors (Lipinski definition) is 0. The molecule has 3 aromatic rings. The zero-order valence-electron chi connectivity index (χ0n) is 17.6. The van der Waals surface area contributed by atoms with Gasteiger partial charge in [0, 0.05) is 37.6 Å². The third-order valence-corrected chi connectivity index (χ3v) is 7.94. The van der Waals surface area contributed by atoms with Crippen LogP contribution in [0.3, 0.4) is 0 Å². The largest absolute Gasteiger partial charge is 0.454 e. The van der Waals surface area contributed by atoms with Crippen molar-refractivity contribution < 1.29 is 9.47 Å². The van der Waals surface area contributed by atoms with Crippen LogP contribution < -0.4 is 14.4 Å². The molecular formula is C23H25ClN4O2S. The first kappa shape index (κ1) is 19.6. The first-order valence-electron chi connectivity index (χ1n) is 11.0. The molecule has 1 fully saturated rings. The predicted octanol–water partition coefficient (Wildman–Crippen LogP) is 4.52. The highest BCUT2D eigenvalue weighted by Crippen LogP contribution is 2.41. The molecule has 8 heteroatoms. The number of aryl methyl sites for hydroxylation is 1. The summed E-state index contributed by atoms with van der Waals surface area (Å²) in [5.74, 6) is 3.47. The molecule has 0 saturated carbocycles. The van der Waals surface area contributed by atoms with Gasteiger partial charge in [0.25, 0.3) is 0 Å². The first-order valence-corrected chi connectivity index (χ1v) is 12.2. The van der Waals surface area contributed by atoms with Crippen molar-refractivity contribution in [1.82, 2.24) is 14.9 Å². The standard InChI is InChI=1S/C23H25ClN4O2S/c1-14-2-4-16-19(10-14)31-22-20(16)21(25-23(24)26-22)28-8-6-27(7-9-28)12-15-3-5-17-18(11-15)30-13-29-17/h3,5,11,14H,2,4,6-10,12-13H2,1H3. The van der Waals surface area contributed by atoms with E-state index in [1.165, 1.54) is 27.8 Å². The number of piperazine rings is 1. The van der Waals surface area contributed by atoms with Crippen LogP contribution in [0.2, 0.25) is 5.28 Å². The zero-order chi connectivity index (χ0) is 20.9. The van der Waals surface area contributed by atoms with Crippen molar-refractivity contribution in [3.05, 3.63) is 39.5 Å². The van der Waals surface area contributed by atoms with E-state index >= 15 is 0 Å². The number of halogens is 1. The van der Waals surface area contributed by atoms with E-state index in [-0.39, 0.29) is 0 Å². The van der Waals surface area contributed by atoms with E-state index in [0.29, 0.717) is 12.1 Å². The molecule has 4 heterocycles. The maximum absolute atomic E-state index is 6.34. The summed E-state index contributed by atoms with van der Waals surface area (Å²) in [6, 6.07) is 6.24. The van der Waals surface area contributed by atoms with Crippen molar-refractivity contribution in [3.8, 4) is 11.5 Å². The van der Waals surface area contributed by atoms with Crippen LogP contribution >= 0.6 is 22.9 Å². The number of ether oxygens (including phenoxy) is 2. The Morgan fingerprint density at radius 2 is 1.97 bits per heavy atom. The number of benzene rings is 1. The fraction of sp³-hybridized carbons (Fsp3) is 0.478. The Labute approximate surface area is 190 Å². The lowest BCUT2D eigenvalue weighted by Gasteiger charge is -2.36. The Morgan fingerprint density at radius 3 is 2.84 bits per heavy atom. The topological polar surface area (TPSA) is 50.7 Å². The van der Waals surface area contributed by atoms with Gasteiger partial charge in [-0.05, 0) is 60.0 Å². The molecule has 3 aliphatic rings. The number of fused-ring (bicyclic) bond motifs is 4. The van der Waals surface area contributed by atoms with E-state index in [1.807, 2.05) is 17.4 Å². The number of rotatable bonds is 3. The average molecular weight is 457 g/mol. The van der Waals surface area contributed by atoms with E-state index in [4.69, 9.17) is 26.1 Å². The lowest BCUT2D eigenvalue weighted by atomic mass is 9.89. The van der Waals surface area contributed by atoms with Gasteiger partial charge in [-0.15, -0.1) is 11.3 Å². The zero-order valence-corrected chi connectivity index (χ0v) is 19.1. The Balaban J connectivity index is 1.21. The third kappa shape index (κ3) is 3.62. The minimum Gasteiger partial charge on any atom is -0.454 e. The van der Waals surface area contributed by atoms with Gasteiger partial charge in [0.2, 0.25) is 12.1 Å². The van der Waals surface area contributed by atoms with Crippen LogP contribution in [0.4, 0.5) is 5.82 Å². The molecule has 1 aliphatic carbocycles. The van der Waals surface area contributed by atoms with Crippen LogP contribution in [0.15, 0.2) is 18.2 Å². The number of aromatic nitrogens is 2. The van der Waals surface area contributed by atoms with Crippen molar-refractivity contribution in [3.63, 3.8) is 0 Å². The molecule has 0 bridgehead atoms. The molecule has 1 aromatic carbocycles. The Morgan fingerprint density at radius 1 is 1.13 bits per heavy atom. The molecule has 31 heavy (non-hydrogen) atoms. The lowest BCUT2D eigenvalue weighted by molar-refractivity contribution is 0.174. The third-order valence-electron chi connectivity index (χ3n) is 6.62. The van der Waals surface area contributed by atoms with Crippen LogP contribution in [0.1, 0.15) is 29.3 Å². The van der Waals surface area contributed by atoms with Crippen LogP contribution in [0, 0.1) is 5.92 Å². The second kappa shape index (κ2) is 7.80. The predicted molar refractivity (Wildman–Crippen MR) is 124 cm³/mol. The smallest absolute Gasteiger partial charge is 0.231 e. The highest BCUT2D eigenvalue weighted by Gasteiger charge is 2.27. The molecule has 6 nitrogen and oxygen atoms in total. The average Bonchev–Trinajstić information content (AvgIpc) is 3.37. The van der Waals surface area contributed by atoms with E-state index in [0.717, 1.165) is 73.6 Å². The van der Waals surface area contributed by atoms with Crippen LogP contribution in [-0.2, 0) is 19.4 Å². The van der Waals surface area contributed by atoms with Crippen molar-refractivity contribution in [1.29, 1.82) is 0 Å². The Hall–Kier alpha value is -2.09. The monoisotopic (exact) mass is 456 g/mol. The molecule has 0 spiro atoms. The Bertz CT molecular complexity index is 1140. The highest BCUT2D eigenvalue weighted by atomic mass is 35.5. The molecule has 1 atom stereocenters. The summed E-state index contributed by atoms with van der Waals surface area (Å²) in [7, 11) is 0. The van der Waals surface area contributed by atoms with Gasteiger partial charge in [-0.1, -0.05) is 13.0 Å². The minimum absolute atomic E-state index is 0.318. The second-order valence-electron chi connectivity index (χ2n) is 8.80. The van der Waals surface area contributed by atoms with Gasteiger partial charge in [0.05, 0.1) is 5.39 Å². The SMILES string of the molecule is CC1CCc2c(sc3nc(Cl)nc(N4CCN(Cc5ccc6c(c5)OCO6)CC4)c23)C1. The molecule has 162 valence electrons. The molecule has 0 N–H and O–H groups in total. The van der Waals surface area contributed by atoms with Gasteiger partial charge >= 0.3 is 0 Å². The molecule has 0 amide bonds. The Kier molecular flexibility index (Phi) is 4.93. The van der Waals surface area contributed by atoms with Gasteiger partial charge in [0.1, 0.15) is 10.6 Å². The number of hydrogen-bond acceptors (Lipinski definition) is 7. The lowest BCUT2D eigenvalue weighted by Crippen LogP contribution is -2.46. The molecule has 6 rings (SSSR count). The van der Waals surface area contributed by atoms with Crippen LogP contribution in [-0.4, -0.2) is 47.8 Å². The number of nitrogens with zero attached hydrogens (tertiary/aromatic N) is 4. The van der Waals surface area contributed by atoms with E-state index in [2.05, 4.69) is 33.8 Å². The molecular weight excluding hydrogens is 432 g/mol.